The van der Waals surface area contributed by atoms with Gasteiger partial charge in [0.05, 0.1) is 11.4 Å². The lowest BCUT2D eigenvalue weighted by Crippen LogP contribution is -2.34. The highest BCUT2D eigenvalue weighted by Crippen LogP contribution is 2.25. The zero-order valence-corrected chi connectivity index (χ0v) is 12.5. The van der Waals surface area contributed by atoms with Crippen LogP contribution in [0.2, 0.25) is 5.02 Å². The SMILES string of the molecule is CC(CC(=O)O)NS(=O)(=O)c1ccc(Br)cc1Cl. The average Bonchev–Trinajstić information content (AvgIpc) is 2.13. The highest BCUT2D eigenvalue weighted by molar-refractivity contribution is 9.10. The van der Waals surface area contributed by atoms with Crippen molar-refractivity contribution in [2.45, 2.75) is 24.3 Å². The number of rotatable bonds is 5. The van der Waals surface area contributed by atoms with Crippen molar-refractivity contribution in [3.63, 3.8) is 0 Å². The van der Waals surface area contributed by atoms with Crippen LogP contribution in [-0.4, -0.2) is 25.5 Å². The van der Waals surface area contributed by atoms with Crippen molar-refractivity contribution in [3.05, 3.63) is 27.7 Å². The third-order valence-electron chi connectivity index (χ3n) is 2.02. The van der Waals surface area contributed by atoms with Crippen LogP contribution in [-0.2, 0) is 14.8 Å². The molecule has 0 aromatic heterocycles. The fraction of sp³-hybridized carbons (Fsp3) is 0.300. The van der Waals surface area contributed by atoms with E-state index in [4.69, 9.17) is 16.7 Å². The van der Waals surface area contributed by atoms with Gasteiger partial charge in [0.1, 0.15) is 4.90 Å². The first kappa shape index (κ1) is 15.4. The van der Waals surface area contributed by atoms with Gasteiger partial charge in [-0.05, 0) is 25.1 Å². The van der Waals surface area contributed by atoms with Crippen LogP contribution in [0.4, 0.5) is 0 Å². The van der Waals surface area contributed by atoms with Gasteiger partial charge >= 0.3 is 5.97 Å². The molecular weight excluding hydrogens is 346 g/mol. The van der Waals surface area contributed by atoms with Crippen molar-refractivity contribution >= 4 is 43.5 Å². The molecule has 1 rings (SSSR count). The molecule has 1 aromatic carbocycles. The van der Waals surface area contributed by atoms with E-state index in [1.54, 1.807) is 6.07 Å². The highest BCUT2D eigenvalue weighted by Gasteiger charge is 2.21. The van der Waals surface area contributed by atoms with Crippen LogP contribution < -0.4 is 4.72 Å². The van der Waals surface area contributed by atoms with E-state index in [1.165, 1.54) is 19.1 Å². The predicted molar refractivity (Wildman–Crippen MR) is 71.2 cm³/mol. The van der Waals surface area contributed by atoms with Crippen molar-refractivity contribution in [1.29, 1.82) is 0 Å². The number of carbonyl (C=O) groups is 1. The van der Waals surface area contributed by atoms with Crippen molar-refractivity contribution in [1.82, 2.24) is 4.72 Å². The molecule has 1 unspecified atom stereocenters. The van der Waals surface area contributed by atoms with Gasteiger partial charge in [-0.1, -0.05) is 27.5 Å². The van der Waals surface area contributed by atoms with Crippen LogP contribution in [0.5, 0.6) is 0 Å². The number of carboxylic acid groups (broad SMARTS) is 1. The second kappa shape index (κ2) is 6.01. The molecular formula is C10H11BrClNO4S. The summed E-state index contributed by atoms with van der Waals surface area (Å²) in [4.78, 5) is 10.4. The minimum absolute atomic E-state index is 0.0689. The summed E-state index contributed by atoms with van der Waals surface area (Å²) in [6, 6.07) is 3.63. The lowest BCUT2D eigenvalue weighted by Gasteiger charge is -2.13. The molecule has 5 nitrogen and oxygen atoms in total. The van der Waals surface area contributed by atoms with E-state index >= 15 is 0 Å². The molecule has 0 saturated heterocycles. The molecule has 0 bridgehead atoms. The first-order valence-corrected chi connectivity index (χ1v) is 7.57. The Balaban J connectivity index is 2.96. The van der Waals surface area contributed by atoms with Gasteiger partial charge in [-0.2, -0.15) is 0 Å². The molecule has 0 amide bonds. The Labute approximate surface area is 118 Å². The number of benzene rings is 1. The first-order valence-electron chi connectivity index (χ1n) is 4.91. The van der Waals surface area contributed by atoms with Gasteiger partial charge in [0.25, 0.3) is 0 Å². The maximum absolute atomic E-state index is 12.0. The highest BCUT2D eigenvalue weighted by atomic mass is 79.9. The van der Waals surface area contributed by atoms with Gasteiger partial charge in [-0.3, -0.25) is 4.79 Å². The molecule has 2 N–H and O–H groups in total. The normalized spacial score (nSPS) is 13.3. The zero-order chi connectivity index (χ0) is 13.9. The second-order valence-electron chi connectivity index (χ2n) is 3.69. The molecule has 0 aliphatic rings. The lowest BCUT2D eigenvalue weighted by molar-refractivity contribution is -0.137. The summed E-state index contributed by atoms with van der Waals surface area (Å²) in [6.45, 7) is 1.47. The quantitative estimate of drug-likeness (QED) is 0.847. The predicted octanol–water partition coefficient (Wildman–Crippen LogP) is 2.24. The van der Waals surface area contributed by atoms with Gasteiger partial charge in [-0.25, -0.2) is 13.1 Å². The van der Waals surface area contributed by atoms with E-state index in [-0.39, 0.29) is 16.3 Å². The Kier molecular flexibility index (Phi) is 5.15. The minimum Gasteiger partial charge on any atom is -0.481 e. The zero-order valence-electron chi connectivity index (χ0n) is 9.35. The van der Waals surface area contributed by atoms with Crippen molar-refractivity contribution in [3.8, 4) is 0 Å². The third-order valence-corrected chi connectivity index (χ3v) is 4.59. The number of halogens is 2. The monoisotopic (exact) mass is 355 g/mol. The third kappa shape index (κ3) is 4.24. The second-order valence-corrected chi connectivity index (χ2v) is 6.70. The maximum Gasteiger partial charge on any atom is 0.304 e. The van der Waals surface area contributed by atoms with E-state index in [0.29, 0.717) is 4.47 Å². The number of nitrogens with one attached hydrogen (secondary N) is 1. The Morgan fingerprint density at radius 1 is 1.56 bits per heavy atom. The molecule has 0 radical (unpaired) electrons. The molecule has 1 aromatic rings. The molecule has 0 fully saturated rings. The summed E-state index contributed by atoms with van der Waals surface area (Å²) >= 11 is 9.01. The van der Waals surface area contributed by atoms with Gasteiger partial charge in [-0.15, -0.1) is 0 Å². The van der Waals surface area contributed by atoms with Gasteiger partial charge < -0.3 is 5.11 Å². The number of aliphatic carboxylic acids is 1. The number of hydrogen-bond donors (Lipinski definition) is 2. The number of hydrogen-bond acceptors (Lipinski definition) is 3. The average molecular weight is 357 g/mol. The first-order chi connectivity index (χ1) is 8.22. The molecule has 0 spiro atoms. The van der Waals surface area contributed by atoms with E-state index in [0.717, 1.165) is 0 Å². The lowest BCUT2D eigenvalue weighted by atomic mass is 10.3. The minimum atomic E-state index is -3.82. The Bertz CT molecular complexity index is 561. The van der Waals surface area contributed by atoms with E-state index in [2.05, 4.69) is 20.7 Å². The smallest absolute Gasteiger partial charge is 0.304 e. The topological polar surface area (TPSA) is 83.5 Å². The van der Waals surface area contributed by atoms with E-state index in [1.807, 2.05) is 0 Å². The largest absolute Gasteiger partial charge is 0.481 e. The maximum atomic E-state index is 12.0. The summed E-state index contributed by atoms with van der Waals surface area (Å²) in [5.41, 5.74) is 0. The fourth-order valence-corrected chi connectivity index (χ4v) is 3.61. The van der Waals surface area contributed by atoms with Crippen LogP contribution in [0.3, 0.4) is 0 Å². The van der Waals surface area contributed by atoms with Gasteiger partial charge in [0, 0.05) is 10.5 Å². The van der Waals surface area contributed by atoms with Crippen LogP contribution in [0.15, 0.2) is 27.6 Å². The Morgan fingerprint density at radius 2 is 2.17 bits per heavy atom. The summed E-state index contributed by atoms with van der Waals surface area (Å²) < 4.78 is 26.8. The summed E-state index contributed by atoms with van der Waals surface area (Å²) in [7, 11) is -3.82. The molecule has 0 aliphatic carbocycles. The van der Waals surface area contributed by atoms with Gasteiger partial charge in [0.2, 0.25) is 10.0 Å². The van der Waals surface area contributed by atoms with Crippen LogP contribution >= 0.6 is 27.5 Å². The molecule has 0 heterocycles. The summed E-state index contributed by atoms with van der Waals surface area (Å²) in [5.74, 6) is -1.08. The fourth-order valence-electron chi connectivity index (χ4n) is 1.33. The number of carboxylic acids is 1. The van der Waals surface area contributed by atoms with Crippen LogP contribution in [0.1, 0.15) is 13.3 Å². The van der Waals surface area contributed by atoms with Crippen LogP contribution in [0, 0.1) is 0 Å². The molecule has 0 aliphatic heterocycles. The molecule has 18 heavy (non-hydrogen) atoms. The van der Waals surface area contributed by atoms with Crippen molar-refractivity contribution < 1.29 is 18.3 Å². The molecule has 0 saturated carbocycles. The van der Waals surface area contributed by atoms with E-state index in [9.17, 15) is 13.2 Å². The molecule has 8 heteroatoms. The Hall–Kier alpha value is -0.630. The van der Waals surface area contributed by atoms with Crippen LogP contribution in [0.25, 0.3) is 0 Å². The molecule has 1 atom stereocenters. The summed E-state index contributed by atoms with van der Waals surface area (Å²) in [5, 5.41) is 8.64. The Morgan fingerprint density at radius 3 is 2.67 bits per heavy atom. The molecule has 100 valence electrons. The standard InChI is InChI=1S/C10H11BrClNO4S/c1-6(4-10(14)15)13-18(16,17)9-3-2-7(11)5-8(9)12/h2-3,5-6,13H,4H2,1H3,(H,14,15). The van der Waals surface area contributed by atoms with Crippen molar-refractivity contribution in [2.75, 3.05) is 0 Å². The van der Waals surface area contributed by atoms with Gasteiger partial charge in [0.15, 0.2) is 0 Å². The van der Waals surface area contributed by atoms with Crippen molar-refractivity contribution in [2.24, 2.45) is 0 Å². The van der Waals surface area contributed by atoms with E-state index < -0.39 is 22.0 Å². The summed E-state index contributed by atoms with van der Waals surface area (Å²) in [6.07, 6.45) is -0.298. The number of sulfonamides is 1.